The topological polar surface area (TPSA) is 98.5 Å². The maximum Gasteiger partial charge on any atom is 0.333 e. The van der Waals surface area contributed by atoms with Crippen molar-refractivity contribution in [2.75, 3.05) is 23.4 Å². The fraction of sp³-hybridized carbons (Fsp3) is 0.538. The van der Waals surface area contributed by atoms with Gasteiger partial charge in [-0.25, -0.2) is 8.42 Å². The van der Waals surface area contributed by atoms with Gasteiger partial charge in [-0.2, -0.15) is 0 Å². The zero-order chi connectivity index (χ0) is 15.5. The lowest BCUT2D eigenvalue weighted by molar-refractivity contribution is -0.385. The SMILES string of the molecule is CCCOc1cccc(NC2CCS(=O)(=O)C2)c1[N+](=O)[O-]. The normalized spacial score (nSPS) is 20.1. The molecule has 1 N–H and O–H groups in total. The van der Waals surface area contributed by atoms with Gasteiger partial charge in [0.25, 0.3) is 0 Å². The lowest BCUT2D eigenvalue weighted by atomic mass is 10.2. The van der Waals surface area contributed by atoms with E-state index in [0.717, 1.165) is 6.42 Å². The summed E-state index contributed by atoms with van der Waals surface area (Å²) in [6, 6.07) is 4.48. The van der Waals surface area contributed by atoms with Crippen LogP contribution in [0.1, 0.15) is 19.8 Å². The van der Waals surface area contributed by atoms with Crippen LogP contribution in [-0.2, 0) is 9.84 Å². The summed E-state index contributed by atoms with van der Waals surface area (Å²) < 4.78 is 28.3. The molecule has 1 saturated heterocycles. The van der Waals surface area contributed by atoms with Crippen LogP contribution in [0.3, 0.4) is 0 Å². The lowest BCUT2D eigenvalue weighted by Gasteiger charge is -2.14. The molecule has 1 unspecified atom stereocenters. The molecule has 1 aromatic rings. The number of sulfone groups is 1. The van der Waals surface area contributed by atoms with Gasteiger partial charge < -0.3 is 10.1 Å². The quantitative estimate of drug-likeness (QED) is 0.637. The van der Waals surface area contributed by atoms with E-state index >= 15 is 0 Å². The van der Waals surface area contributed by atoms with Crippen molar-refractivity contribution in [3.05, 3.63) is 28.3 Å². The fourth-order valence-corrected chi connectivity index (χ4v) is 3.96. The molecule has 1 aromatic carbocycles. The zero-order valence-electron chi connectivity index (χ0n) is 11.7. The number of hydrogen-bond donors (Lipinski definition) is 1. The molecule has 116 valence electrons. The van der Waals surface area contributed by atoms with Gasteiger partial charge in [-0.1, -0.05) is 13.0 Å². The van der Waals surface area contributed by atoms with Gasteiger partial charge in [-0.15, -0.1) is 0 Å². The molecule has 0 aliphatic carbocycles. The number of benzene rings is 1. The molecule has 2 rings (SSSR count). The third-order valence-electron chi connectivity index (χ3n) is 3.24. The molecule has 0 bridgehead atoms. The van der Waals surface area contributed by atoms with Gasteiger partial charge in [-0.3, -0.25) is 10.1 Å². The van der Waals surface area contributed by atoms with Gasteiger partial charge in [0.2, 0.25) is 0 Å². The van der Waals surface area contributed by atoms with E-state index in [2.05, 4.69) is 5.32 Å². The highest BCUT2D eigenvalue weighted by atomic mass is 32.2. The standard InChI is InChI=1S/C13H18N2O5S/c1-2-7-20-12-5-3-4-11(13(12)15(16)17)14-10-6-8-21(18,19)9-10/h3-5,10,14H,2,6-9H2,1H3. The Balaban J connectivity index is 2.24. The Kier molecular flexibility index (Phi) is 4.66. The number of nitro groups is 1. The summed E-state index contributed by atoms with van der Waals surface area (Å²) in [7, 11) is -3.04. The van der Waals surface area contributed by atoms with E-state index in [-0.39, 0.29) is 29.0 Å². The Hall–Kier alpha value is -1.83. The van der Waals surface area contributed by atoms with Gasteiger partial charge >= 0.3 is 5.69 Å². The first-order valence-electron chi connectivity index (χ1n) is 6.80. The zero-order valence-corrected chi connectivity index (χ0v) is 12.6. The molecular formula is C13H18N2O5S. The smallest absolute Gasteiger partial charge is 0.333 e. The summed E-state index contributed by atoms with van der Waals surface area (Å²) >= 11 is 0. The van der Waals surface area contributed by atoms with Gasteiger partial charge in [0.05, 0.1) is 23.0 Å². The molecule has 0 amide bonds. The summed E-state index contributed by atoms with van der Waals surface area (Å²) in [5.41, 5.74) is 0.158. The van der Waals surface area contributed by atoms with E-state index in [0.29, 0.717) is 18.7 Å². The summed E-state index contributed by atoms with van der Waals surface area (Å²) in [5, 5.41) is 14.2. The molecule has 1 aliphatic rings. The van der Waals surface area contributed by atoms with Crippen LogP contribution in [0.5, 0.6) is 5.75 Å². The predicted octanol–water partition coefficient (Wildman–Crippen LogP) is 1.98. The van der Waals surface area contributed by atoms with E-state index in [9.17, 15) is 18.5 Å². The molecule has 0 saturated carbocycles. The third kappa shape index (κ3) is 3.84. The van der Waals surface area contributed by atoms with Crippen molar-refractivity contribution < 1.29 is 18.1 Å². The second-order valence-electron chi connectivity index (χ2n) is 5.00. The first-order valence-corrected chi connectivity index (χ1v) is 8.62. The molecule has 1 fully saturated rings. The maximum atomic E-state index is 11.5. The first-order chi connectivity index (χ1) is 9.93. The number of nitrogens with zero attached hydrogens (tertiary/aromatic N) is 1. The molecule has 21 heavy (non-hydrogen) atoms. The molecule has 8 heteroatoms. The summed E-state index contributed by atoms with van der Waals surface area (Å²) in [6.07, 6.45) is 1.20. The van der Waals surface area contributed by atoms with Gasteiger partial charge in [0.1, 0.15) is 5.69 Å². The second-order valence-corrected chi connectivity index (χ2v) is 7.23. The van der Waals surface area contributed by atoms with Crippen LogP contribution in [0.4, 0.5) is 11.4 Å². The summed E-state index contributed by atoms with van der Waals surface area (Å²) in [6.45, 7) is 2.30. The van der Waals surface area contributed by atoms with Gasteiger partial charge in [0.15, 0.2) is 15.6 Å². The first kappa shape index (κ1) is 15.6. The van der Waals surface area contributed by atoms with Crippen LogP contribution in [0.2, 0.25) is 0 Å². The predicted molar refractivity (Wildman–Crippen MR) is 79.6 cm³/mol. The van der Waals surface area contributed by atoms with Gasteiger partial charge in [-0.05, 0) is 25.0 Å². The van der Waals surface area contributed by atoms with Crippen molar-refractivity contribution in [3.63, 3.8) is 0 Å². The van der Waals surface area contributed by atoms with Crippen LogP contribution in [0.25, 0.3) is 0 Å². The highest BCUT2D eigenvalue weighted by molar-refractivity contribution is 7.91. The minimum atomic E-state index is -3.04. The number of nitro benzene ring substituents is 1. The lowest BCUT2D eigenvalue weighted by Crippen LogP contribution is -2.21. The van der Waals surface area contributed by atoms with E-state index in [4.69, 9.17) is 4.74 Å². The van der Waals surface area contributed by atoms with Crippen molar-refractivity contribution in [2.24, 2.45) is 0 Å². The monoisotopic (exact) mass is 314 g/mol. The van der Waals surface area contributed by atoms with Crippen molar-refractivity contribution in [1.82, 2.24) is 0 Å². The molecule has 1 aliphatic heterocycles. The van der Waals surface area contributed by atoms with Crippen LogP contribution in [-0.4, -0.2) is 37.5 Å². The second kappa shape index (κ2) is 6.30. The maximum absolute atomic E-state index is 11.5. The van der Waals surface area contributed by atoms with Crippen molar-refractivity contribution >= 4 is 21.2 Å². The van der Waals surface area contributed by atoms with Crippen LogP contribution < -0.4 is 10.1 Å². The molecule has 7 nitrogen and oxygen atoms in total. The number of para-hydroxylation sites is 1. The molecule has 0 aromatic heterocycles. The van der Waals surface area contributed by atoms with Crippen molar-refractivity contribution in [2.45, 2.75) is 25.8 Å². The van der Waals surface area contributed by atoms with Crippen molar-refractivity contribution in [3.8, 4) is 5.75 Å². The van der Waals surface area contributed by atoms with Gasteiger partial charge in [0, 0.05) is 6.04 Å². The van der Waals surface area contributed by atoms with Crippen molar-refractivity contribution in [1.29, 1.82) is 0 Å². The number of ether oxygens (including phenoxy) is 1. The van der Waals surface area contributed by atoms with E-state index in [1.807, 2.05) is 6.92 Å². The fourth-order valence-electron chi connectivity index (χ4n) is 2.28. The average molecular weight is 314 g/mol. The Morgan fingerprint density at radius 1 is 1.48 bits per heavy atom. The van der Waals surface area contributed by atoms with Crippen LogP contribution in [0.15, 0.2) is 18.2 Å². The molecule has 1 atom stereocenters. The minimum Gasteiger partial charge on any atom is -0.487 e. The summed E-state index contributed by atoms with van der Waals surface area (Å²) in [4.78, 5) is 10.8. The van der Waals surface area contributed by atoms with E-state index in [1.54, 1.807) is 18.2 Å². The Morgan fingerprint density at radius 3 is 2.81 bits per heavy atom. The van der Waals surface area contributed by atoms with Crippen LogP contribution >= 0.6 is 0 Å². The number of nitrogens with one attached hydrogen (secondary N) is 1. The Labute approximate surface area is 123 Å². The highest BCUT2D eigenvalue weighted by Crippen LogP contribution is 2.36. The molecule has 0 spiro atoms. The largest absolute Gasteiger partial charge is 0.487 e. The molecule has 0 radical (unpaired) electrons. The Morgan fingerprint density at radius 2 is 2.24 bits per heavy atom. The average Bonchev–Trinajstić information content (AvgIpc) is 2.75. The number of rotatable bonds is 6. The van der Waals surface area contributed by atoms with E-state index < -0.39 is 14.8 Å². The highest BCUT2D eigenvalue weighted by Gasteiger charge is 2.30. The Bertz CT molecular complexity index is 629. The number of anilines is 1. The number of hydrogen-bond acceptors (Lipinski definition) is 6. The molecular weight excluding hydrogens is 296 g/mol. The third-order valence-corrected chi connectivity index (χ3v) is 5.00. The summed E-state index contributed by atoms with van der Waals surface area (Å²) in [5.74, 6) is 0.321. The van der Waals surface area contributed by atoms with E-state index in [1.165, 1.54) is 0 Å². The molecule has 1 heterocycles. The van der Waals surface area contributed by atoms with Crippen LogP contribution in [0, 0.1) is 10.1 Å². The minimum absolute atomic E-state index is 0.00417.